The van der Waals surface area contributed by atoms with Gasteiger partial charge < -0.3 is 9.84 Å². The summed E-state index contributed by atoms with van der Waals surface area (Å²) in [6.07, 6.45) is 2.98. The Morgan fingerprint density at radius 1 is 1.26 bits per heavy atom. The van der Waals surface area contributed by atoms with E-state index in [4.69, 9.17) is 4.74 Å². The number of Topliss-reactive ketones (excluding diaryl/α,β-unsaturated/α-hetero) is 1. The van der Waals surface area contributed by atoms with Crippen LogP contribution in [0.5, 0.6) is 0 Å². The molecule has 1 atom stereocenters. The lowest BCUT2D eigenvalue weighted by Gasteiger charge is -2.22. The number of halogens is 1. The molecule has 10 heteroatoms. The Labute approximate surface area is 198 Å². The highest BCUT2D eigenvalue weighted by atomic mass is 32.1. The Balaban J connectivity index is 1.90. The van der Waals surface area contributed by atoms with Gasteiger partial charge in [0.2, 0.25) is 0 Å². The largest absolute Gasteiger partial charge is 0.507 e. The summed E-state index contributed by atoms with van der Waals surface area (Å²) in [4.78, 5) is 48.3. The lowest BCUT2D eigenvalue weighted by Crippen LogP contribution is -2.29. The highest BCUT2D eigenvalue weighted by Gasteiger charge is 2.48. The van der Waals surface area contributed by atoms with Gasteiger partial charge in [0.05, 0.1) is 23.9 Å². The van der Waals surface area contributed by atoms with E-state index in [1.165, 1.54) is 24.5 Å². The zero-order valence-corrected chi connectivity index (χ0v) is 19.4. The number of rotatable bonds is 5. The first-order valence-electron chi connectivity index (χ1n) is 10.4. The van der Waals surface area contributed by atoms with Crippen molar-refractivity contribution in [3.05, 3.63) is 81.4 Å². The zero-order valence-electron chi connectivity index (χ0n) is 18.5. The van der Waals surface area contributed by atoms with Crippen molar-refractivity contribution >= 4 is 39.9 Å². The van der Waals surface area contributed by atoms with Crippen LogP contribution >= 0.6 is 11.3 Å². The number of ether oxygens (including phenoxy) is 1. The molecular formula is C24H20FN3O5S. The van der Waals surface area contributed by atoms with Crippen molar-refractivity contribution in [3.8, 4) is 0 Å². The maximum Gasteiger partial charge on any atom is 0.350 e. The Morgan fingerprint density at radius 2 is 2.03 bits per heavy atom. The lowest BCUT2D eigenvalue weighted by atomic mass is 9.96. The number of pyridine rings is 1. The Hall–Kier alpha value is -3.92. The standard InChI is InChI=1S/C24H20FN3O5S/c1-4-33-23(32)21-13(3)27-24(34-21)28-18(15-6-5-9-26-11-15)17(20(30)22(28)31)19(29)14-8-7-12(2)16(25)10-14/h5-11,18,29H,4H2,1-3H3/t18-/m1/s1. The van der Waals surface area contributed by atoms with Crippen LogP contribution in [0, 0.1) is 19.7 Å². The molecule has 1 aliphatic rings. The fourth-order valence-corrected chi connectivity index (χ4v) is 4.64. The van der Waals surface area contributed by atoms with E-state index >= 15 is 0 Å². The topological polar surface area (TPSA) is 110 Å². The van der Waals surface area contributed by atoms with Gasteiger partial charge in [-0.25, -0.2) is 14.2 Å². The van der Waals surface area contributed by atoms with Gasteiger partial charge in [0.1, 0.15) is 16.5 Å². The number of aromatic nitrogens is 2. The molecule has 1 amide bonds. The second-order valence-electron chi connectivity index (χ2n) is 7.55. The highest BCUT2D eigenvalue weighted by Crippen LogP contribution is 2.43. The average Bonchev–Trinajstić information content (AvgIpc) is 3.33. The predicted octanol–water partition coefficient (Wildman–Crippen LogP) is 4.10. The van der Waals surface area contributed by atoms with Crippen LogP contribution in [0.25, 0.3) is 5.76 Å². The number of aliphatic hydroxyl groups excluding tert-OH is 1. The van der Waals surface area contributed by atoms with Crippen LogP contribution in [-0.4, -0.2) is 39.3 Å². The first-order valence-corrected chi connectivity index (χ1v) is 11.2. The van der Waals surface area contributed by atoms with Gasteiger partial charge in [-0.2, -0.15) is 0 Å². The second-order valence-corrected chi connectivity index (χ2v) is 8.53. The van der Waals surface area contributed by atoms with E-state index in [0.717, 1.165) is 22.3 Å². The number of anilines is 1. The summed E-state index contributed by atoms with van der Waals surface area (Å²) in [6.45, 7) is 5.00. The molecule has 3 aromatic rings. The van der Waals surface area contributed by atoms with Crippen molar-refractivity contribution < 1.29 is 28.6 Å². The monoisotopic (exact) mass is 481 g/mol. The molecule has 1 N–H and O–H groups in total. The van der Waals surface area contributed by atoms with Gasteiger partial charge in [-0.05, 0) is 44.0 Å². The van der Waals surface area contributed by atoms with E-state index in [1.807, 2.05) is 0 Å². The Kier molecular flexibility index (Phi) is 6.25. The molecule has 1 aliphatic heterocycles. The SMILES string of the molecule is CCOC(=O)c1sc(N2C(=O)C(=O)C(=C(O)c3ccc(C)c(F)c3)[C@H]2c2cccnc2)nc1C. The molecule has 0 aliphatic carbocycles. The average molecular weight is 482 g/mol. The van der Waals surface area contributed by atoms with Gasteiger partial charge in [0, 0.05) is 18.0 Å². The number of aryl methyl sites for hydroxylation is 2. The van der Waals surface area contributed by atoms with E-state index in [0.29, 0.717) is 16.8 Å². The molecule has 0 spiro atoms. The molecule has 1 fully saturated rings. The third kappa shape index (κ3) is 3.96. The first-order chi connectivity index (χ1) is 16.2. The number of carbonyl (C=O) groups excluding carboxylic acids is 3. The van der Waals surface area contributed by atoms with Crippen LogP contribution in [-0.2, 0) is 14.3 Å². The number of esters is 1. The van der Waals surface area contributed by atoms with E-state index in [2.05, 4.69) is 9.97 Å². The molecule has 0 saturated carbocycles. The smallest absolute Gasteiger partial charge is 0.350 e. The molecule has 2 aromatic heterocycles. The van der Waals surface area contributed by atoms with Crippen molar-refractivity contribution in [1.82, 2.24) is 9.97 Å². The number of hydrogen-bond donors (Lipinski definition) is 1. The molecule has 4 rings (SSSR count). The molecule has 0 bridgehead atoms. The molecule has 8 nitrogen and oxygen atoms in total. The fraction of sp³-hybridized carbons (Fsp3) is 0.208. The maximum atomic E-state index is 14.2. The van der Waals surface area contributed by atoms with Crippen molar-refractivity contribution in [2.75, 3.05) is 11.5 Å². The minimum absolute atomic E-state index is 0.0533. The number of thiazole rings is 1. The lowest BCUT2D eigenvalue weighted by molar-refractivity contribution is -0.132. The molecule has 0 radical (unpaired) electrons. The summed E-state index contributed by atoms with van der Waals surface area (Å²) in [5.41, 5.74) is 0.960. The van der Waals surface area contributed by atoms with Gasteiger partial charge in [0.15, 0.2) is 5.13 Å². The van der Waals surface area contributed by atoms with Gasteiger partial charge in [-0.15, -0.1) is 0 Å². The van der Waals surface area contributed by atoms with Crippen molar-refractivity contribution in [2.45, 2.75) is 26.8 Å². The van der Waals surface area contributed by atoms with Crippen molar-refractivity contribution in [3.63, 3.8) is 0 Å². The number of amides is 1. The minimum Gasteiger partial charge on any atom is -0.507 e. The van der Waals surface area contributed by atoms with E-state index in [-0.39, 0.29) is 27.8 Å². The van der Waals surface area contributed by atoms with E-state index in [1.54, 1.807) is 32.9 Å². The van der Waals surface area contributed by atoms with Gasteiger partial charge in [-0.1, -0.05) is 29.5 Å². The Bertz CT molecular complexity index is 1340. The normalized spacial score (nSPS) is 17.3. The molecular weight excluding hydrogens is 461 g/mol. The quantitative estimate of drug-likeness (QED) is 0.253. The van der Waals surface area contributed by atoms with Crippen LogP contribution in [0.1, 0.15) is 45.0 Å². The van der Waals surface area contributed by atoms with Gasteiger partial charge in [-0.3, -0.25) is 19.5 Å². The summed E-state index contributed by atoms with van der Waals surface area (Å²) >= 11 is 0.906. The van der Waals surface area contributed by atoms with E-state index in [9.17, 15) is 23.9 Å². The molecule has 34 heavy (non-hydrogen) atoms. The van der Waals surface area contributed by atoms with Gasteiger partial charge >= 0.3 is 11.9 Å². The molecule has 0 unspecified atom stereocenters. The molecule has 3 heterocycles. The fourth-order valence-electron chi connectivity index (χ4n) is 3.65. The summed E-state index contributed by atoms with van der Waals surface area (Å²) in [7, 11) is 0. The van der Waals surface area contributed by atoms with Crippen LogP contribution < -0.4 is 4.90 Å². The van der Waals surface area contributed by atoms with Crippen LogP contribution in [0.4, 0.5) is 9.52 Å². The van der Waals surface area contributed by atoms with Crippen LogP contribution in [0.3, 0.4) is 0 Å². The first kappa shape index (κ1) is 23.2. The highest BCUT2D eigenvalue weighted by molar-refractivity contribution is 7.17. The number of aliphatic hydroxyl groups is 1. The van der Waals surface area contributed by atoms with E-state index < -0.39 is 35.3 Å². The van der Waals surface area contributed by atoms with Crippen molar-refractivity contribution in [1.29, 1.82) is 0 Å². The summed E-state index contributed by atoms with van der Waals surface area (Å²) in [6, 6.07) is 6.22. The third-order valence-electron chi connectivity index (χ3n) is 5.34. The molecule has 1 aromatic carbocycles. The summed E-state index contributed by atoms with van der Waals surface area (Å²) < 4.78 is 19.2. The van der Waals surface area contributed by atoms with Crippen molar-refractivity contribution in [2.24, 2.45) is 0 Å². The maximum absolute atomic E-state index is 14.2. The third-order valence-corrected chi connectivity index (χ3v) is 6.48. The summed E-state index contributed by atoms with van der Waals surface area (Å²) in [5.74, 6) is -3.57. The minimum atomic E-state index is -1.08. The zero-order chi connectivity index (χ0) is 24.6. The number of carbonyl (C=O) groups is 3. The summed E-state index contributed by atoms with van der Waals surface area (Å²) in [5, 5.41) is 11.1. The number of benzene rings is 1. The molecule has 1 saturated heterocycles. The molecule has 174 valence electrons. The number of nitrogens with zero attached hydrogens (tertiary/aromatic N) is 3. The number of hydrogen-bond acceptors (Lipinski definition) is 8. The Morgan fingerprint density at radius 3 is 2.68 bits per heavy atom. The second kappa shape index (κ2) is 9.14. The number of ketones is 1. The van der Waals surface area contributed by atoms with Crippen LogP contribution in [0.2, 0.25) is 0 Å². The predicted molar refractivity (Wildman–Crippen MR) is 123 cm³/mol. The van der Waals surface area contributed by atoms with Crippen LogP contribution in [0.15, 0.2) is 48.3 Å². The van der Waals surface area contributed by atoms with Gasteiger partial charge in [0.25, 0.3) is 5.78 Å².